The van der Waals surface area contributed by atoms with Crippen LogP contribution in [0.1, 0.15) is 28.4 Å². The van der Waals surface area contributed by atoms with Gasteiger partial charge in [0.1, 0.15) is 11.4 Å². The summed E-state index contributed by atoms with van der Waals surface area (Å²) in [5.74, 6) is -0.373. The number of ether oxygens (including phenoxy) is 1. The molecule has 3 aromatic rings. The van der Waals surface area contributed by atoms with E-state index >= 15 is 0 Å². The molecule has 0 atom stereocenters. The predicted molar refractivity (Wildman–Crippen MR) is 127 cm³/mol. The van der Waals surface area contributed by atoms with Gasteiger partial charge in [0.25, 0.3) is 0 Å². The molecule has 0 radical (unpaired) electrons. The molecule has 0 aliphatic heterocycles. The van der Waals surface area contributed by atoms with E-state index in [4.69, 9.17) is 4.74 Å². The van der Waals surface area contributed by atoms with Gasteiger partial charge in [-0.15, -0.1) is 5.11 Å². The van der Waals surface area contributed by atoms with Gasteiger partial charge in [-0.1, -0.05) is 49.0 Å². The second kappa shape index (κ2) is 11.4. The molecule has 0 unspecified atom stereocenters. The summed E-state index contributed by atoms with van der Waals surface area (Å²) in [7, 11) is 0. The van der Waals surface area contributed by atoms with Crippen molar-refractivity contribution in [1.82, 2.24) is 5.32 Å². The minimum atomic E-state index is -0.319. The molecule has 168 valence electrons. The van der Waals surface area contributed by atoms with Gasteiger partial charge in [0, 0.05) is 18.2 Å². The molecule has 0 aliphatic rings. The van der Waals surface area contributed by atoms with Crippen molar-refractivity contribution in [3.05, 3.63) is 96.1 Å². The Morgan fingerprint density at radius 2 is 1.79 bits per heavy atom. The van der Waals surface area contributed by atoms with Crippen LogP contribution in [0.15, 0.2) is 89.6 Å². The van der Waals surface area contributed by atoms with E-state index in [1.54, 1.807) is 24.3 Å². The molecular weight excluding hydrogens is 418 g/mol. The van der Waals surface area contributed by atoms with Crippen molar-refractivity contribution in [3.8, 4) is 11.5 Å². The Morgan fingerprint density at radius 1 is 1.06 bits per heavy atom. The minimum absolute atomic E-state index is 0.121. The molecule has 7 heteroatoms. The lowest BCUT2D eigenvalue weighted by molar-refractivity contribution is -0.116. The number of azo groups is 1. The number of hydrogen-bond acceptors (Lipinski definition) is 6. The van der Waals surface area contributed by atoms with Crippen LogP contribution in [0, 0.1) is 0 Å². The Balaban J connectivity index is 1.80. The van der Waals surface area contributed by atoms with Crippen LogP contribution in [-0.4, -0.2) is 29.9 Å². The third kappa shape index (κ3) is 6.36. The molecule has 0 aliphatic carbocycles. The summed E-state index contributed by atoms with van der Waals surface area (Å²) in [4.78, 5) is 24.1. The summed E-state index contributed by atoms with van der Waals surface area (Å²) in [5.41, 5.74) is 2.56. The molecule has 3 rings (SSSR count). The first kappa shape index (κ1) is 23.4. The van der Waals surface area contributed by atoms with Crippen LogP contribution < -0.4 is 10.1 Å². The normalized spacial score (nSPS) is 10.7. The maximum Gasteiger partial charge on any atom is 0.243 e. The zero-order valence-electron chi connectivity index (χ0n) is 18.3. The van der Waals surface area contributed by atoms with Crippen LogP contribution in [0.25, 0.3) is 0 Å². The Bertz CT molecular complexity index is 1160. The van der Waals surface area contributed by atoms with Gasteiger partial charge < -0.3 is 15.2 Å². The van der Waals surface area contributed by atoms with E-state index in [1.165, 1.54) is 18.2 Å². The Hall–Kier alpha value is -4.26. The maximum atomic E-state index is 12.8. The van der Waals surface area contributed by atoms with Gasteiger partial charge in [-0.25, -0.2) is 0 Å². The molecule has 0 fully saturated rings. The van der Waals surface area contributed by atoms with Gasteiger partial charge >= 0.3 is 0 Å². The van der Waals surface area contributed by atoms with Crippen LogP contribution in [0.5, 0.6) is 11.5 Å². The number of carbonyl (C=O) groups is 2. The Kier molecular flexibility index (Phi) is 8.07. The summed E-state index contributed by atoms with van der Waals surface area (Å²) in [6, 6.07) is 19.0. The molecule has 0 saturated heterocycles. The molecule has 0 spiro atoms. The molecule has 7 nitrogen and oxygen atoms in total. The quantitative estimate of drug-likeness (QED) is 0.253. The summed E-state index contributed by atoms with van der Waals surface area (Å²) >= 11 is 0. The van der Waals surface area contributed by atoms with Crippen molar-refractivity contribution in [3.63, 3.8) is 0 Å². The van der Waals surface area contributed by atoms with E-state index < -0.39 is 0 Å². The van der Waals surface area contributed by atoms with Crippen LogP contribution in [0.3, 0.4) is 0 Å². The molecule has 33 heavy (non-hydrogen) atoms. The fraction of sp³-hybridized carbons (Fsp3) is 0.154. The molecule has 2 N–H and O–H groups in total. The fourth-order valence-corrected chi connectivity index (χ4v) is 3.08. The summed E-state index contributed by atoms with van der Waals surface area (Å²) in [6.45, 7) is 6.11. The number of rotatable bonds is 10. The van der Waals surface area contributed by atoms with Crippen molar-refractivity contribution < 1.29 is 19.4 Å². The lowest BCUT2D eigenvalue weighted by Gasteiger charge is -2.10. The van der Waals surface area contributed by atoms with Crippen molar-refractivity contribution in [2.75, 3.05) is 13.2 Å². The van der Waals surface area contributed by atoms with Crippen molar-refractivity contribution >= 4 is 23.1 Å². The molecule has 1 amide bonds. The van der Waals surface area contributed by atoms with Gasteiger partial charge in [0.2, 0.25) is 5.91 Å². The minimum Gasteiger partial charge on any atom is -0.507 e. The van der Waals surface area contributed by atoms with Gasteiger partial charge in [0.05, 0.1) is 17.9 Å². The number of nitrogens with zero attached hydrogens (tertiary/aromatic N) is 2. The number of phenols is 1. The number of phenolic OH excluding ortho intramolecular Hbond substituents is 1. The van der Waals surface area contributed by atoms with E-state index in [0.29, 0.717) is 42.3 Å². The molecule has 0 saturated carbocycles. The predicted octanol–water partition coefficient (Wildman–Crippen LogP) is 5.28. The zero-order valence-corrected chi connectivity index (χ0v) is 18.3. The average Bonchev–Trinajstić information content (AvgIpc) is 2.84. The molecular formula is C26H25N3O4. The standard InChI is InChI=1S/C26H25N3O4/c1-3-25(31)27-15-14-18-10-12-20(13-11-18)28-29-22-16-21(23(30)17-24(22)33-4-2)26(32)19-8-6-5-7-9-19/h3,5-13,16-17,30H,1,4,14-15H2,2H3,(H,27,31). The summed E-state index contributed by atoms with van der Waals surface area (Å²) in [6.07, 6.45) is 1.91. The smallest absolute Gasteiger partial charge is 0.243 e. The van der Waals surface area contributed by atoms with E-state index in [1.807, 2.05) is 37.3 Å². The lowest BCUT2D eigenvalue weighted by atomic mass is 10.0. The van der Waals surface area contributed by atoms with Gasteiger partial charge in [0.15, 0.2) is 11.5 Å². The van der Waals surface area contributed by atoms with E-state index in [9.17, 15) is 14.7 Å². The number of amides is 1. The highest BCUT2D eigenvalue weighted by Gasteiger charge is 2.18. The maximum absolute atomic E-state index is 12.8. The molecule has 0 aromatic heterocycles. The first-order chi connectivity index (χ1) is 16.0. The molecule has 0 bridgehead atoms. The molecule has 3 aromatic carbocycles. The summed E-state index contributed by atoms with van der Waals surface area (Å²) in [5, 5.41) is 21.7. The highest BCUT2D eigenvalue weighted by Crippen LogP contribution is 2.36. The second-order valence-electron chi connectivity index (χ2n) is 7.08. The van der Waals surface area contributed by atoms with Gasteiger partial charge in [-0.3, -0.25) is 9.59 Å². The topological polar surface area (TPSA) is 100 Å². The average molecular weight is 444 g/mol. The van der Waals surface area contributed by atoms with Crippen LogP contribution in [0.2, 0.25) is 0 Å². The summed E-state index contributed by atoms with van der Waals surface area (Å²) < 4.78 is 5.57. The third-order valence-electron chi connectivity index (χ3n) is 4.77. The molecule has 0 heterocycles. The first-order valence-corrected chi connectivity index (χ1v) is 10.5. The highest BCUT2D eigenvalue weighted by atomic mass is 16.5. The number of carbonyl (C=O) groups excluding carboxylic acids is 2. The monoisotopic (exact) mass is 443 g/mol. The van der Waals surface area contributed by atoms with Crippen molar-refractivity contribution in [1.29, 1.82) is 0 Å². The van der Waals surface area contributed by atoms with E-state index in [-0.39, 0.29) is 23.0 Å². The number of benzene rings is 3. The van der Waals surface area contributed by atoms with E-state index in [2.05, 4.69) is 22.1 Å². The zero-order chi connectivity index (χ0) is 23.6. The van der Waals surface area contributed by atoms with Crippen LogP contribution in [0.4, 0.5) is 11.4 Å². The van der Waals surface area contributed by atoms with Gasteiger partial charge in [-0.05, 0) is 43.2 Å². The van der Waals surface area contributed by atoms with Crippen LogP contribution in [-0.2, 0) is 11.2 Å². The second-order valence-corrected chi connectivity index (χ2v) is 7.08. The lowest BCUT2D eigenvalue weighted by Crippen LogP contribution is -2.23. The van der Waals surface area contributed by atoms with Crippen LogP contribution >= 0.6 is 0 Å². The number of ketones is 1. The third-order valence-corrected chi connectivity index (χ3v) is 4.77. The number of hydrogen-bond donors (Lipinski definition) is 2. The number of aromatic hydroxyl groups is 1. The first-order valence-electron chi connectivity index (χ1n) is 10.5. The number of nitrogens with one attached hydrogen (secondary N) is 1. The largest absolute Gasteiger partial charge is 0.507 e. The van der Waals surface area contributed by atoms with E-state index in [0.717, 1.165) is 5.56 Å². The van der Waals surface area contributed by atoms with Gasteiger partial charge in [-0.2, -0.15) is 5.11 Å². The Labute approximate surface area is 192 Å². The fourth-order valence-electron chi connectivity index (χ4n) is 3.08. The highest BCUT2D eigenvalue weighted by molar-refractivity contribution is 6.11. The Morgan fingerprint density at radius 3 is 2.45 bits per heavy atom. The SMILES string of the molecule is C=CC(=O)NCCc1ccc(N=Nc2cc(C(=O)c3ccccc3)c(O)cc2OCC)cc1. The van der Waals surface area contributed by atoms with Crippen molar-refractivity contribution in [2.24, 2.45) is 10.2 Å². The van der Waals surface area contributed by atoms with Crippen molar-refractivity contribution in [2.45, 2.75) is 13.3 Å².